The van der Waals surface area contributed by atoms with Crippen LogP contribution in [-0.4, -0.2) is 4.98 Å². The van der Waals surface area contributed by atoms with Crippen molar-refractivity contribution in [2.24, 2.45) is 0 Å². The molecule has 1 heterocycles. The van der Waals surface area contributed by atoms with Gasteiger partial charge in [-0.1, -0.05) is 127 Å². The summed E-state index contributed by atoms with van der Waals surface area (Å²) in [5.41, 5.74) is 15.7. The summed E-state index contributed by atoms with van der Waals surface area (Å²) in [6.07, 6.45) is 3.74. The predicted octanol–water partition coefficient (Wildman–Crippen LogP) is 12.4. The van der Waals surface area contributed by atoms with E-state index in [0.717, 1.165) is 17.1 Å². The van der Waals surface area contributed by atoms with E-state index in [1.807, 2.05) is 18.5 Å². The molecular formula is C45H30N2. The van der Waals surface area contributed by atoms with Crippen molar-refractivity contribution in [1.29, 1.82) is 0 Å². The van der Waals surface area contributed by atoms with E-state index in [9.17, 15) is 0 Å². The summed E-state index contributed by atoms with van der Waals surface area (Å²) in [6, 6.07) is 61.1. The molecule has 220 valence electrons. The van der Waals surface area contributed by atoms with Gasteiger partial charge in [-0.3, -0.25) is 4.98 Å². The van der Waals surface area contributed by atoms with Gasteiger partial charge in [0, 0.05) is 17.6 Å². The van der Waals surface area contributed by atoms with Gasteiger partial charge in [0.25, 0.3) is 0 Å². The average molecular weight is 599 g/mol. The summed E-state index contributed by atoms with van der Waals surface area (Å²) in [5, 5.41) is 2.64. The molecule has 0 atom stereocenters. The molecule has 0 aliphatic heterocycles. The molecule has 0 bridgehead atoms. The number of rotatable bonds is 6. The van der Waals surface area contributed by atoms with Crippen LogP contribution < -0.4 is 4.90 Å². The lowest BCUT2D eigenvalue weighted by Gasteiger charge is -2.25. The van der Waals surface area contributed by atoms with Crippen LogP contribution >= 0.6 is 0 Å². The summed E-state index contributed by atoms with van der Waals surface area (Å²) in [6.45, 7) is 0. The molecule has 0 unspecified atom stereocenters. The monoisotopic (exact) mass is 598 g/mol. The number of fused-ring (bicyclic) bond motifs is 3. The Bertz CT molecular complexity index is 2350. The third kappa shape index (κ3) is 4.70. The molecule has 0 spiro atoms. The zero-order chi connectivity index (χ0) is 31.2. The number of pyridine rings is 1. The van der Waals surface area contributed by atoms with E-state index in [1.54, 1.807) is 0 Å². The lowest BCUT2D eigenvalue weighted by molar-refractivity contribution is 1.23. The van der Waals surface area contributed by atoms with Gasteiger partial charge in [-0.2, -0.15) is 0 Å². The standard InChI is InChI=1S/C45H30N2/c1-2-9-31(10-3-1)34-11-6-12-35(29-34)32-18-22-36(23-19-32)47(38-13-8-28-46-30-38)37-24-20-33(21-25-37)39-26-27-44-41-15-5-4-14-40(41)43-17-7-16-42(39)45(43)44/h1-30H. The Balaban J connectivity index is 1.07. The first-order valence-corrected chi connectivity index (χ1v) is 16.0. The van der Waals surface area contributed by atoms with Crippen LogP contribution in [0.5, 0.6) is 0 Å². The normalized spacial score (nSPS) is 11.4. The molecule has 9 rings (SSSR count). The van der Waals surface area contributed by atoms with E-state index in [2.05, 4.69) is 174 Å². The number of nitrogens with zero attached hydrogens (tertiary/aromatic N) is 2. The SMILES string of the molecule is c1ccc(-c2cccc(-c3ccc(N(c4ccc(-c5ccc6c7c(cccc57)-c5ccccc5-6)cc4)c4cccnc4)cc3)c2)cc1. The van der Waals surface area contributed by atoms with Gasteiger partial charge >= 0.3 is 0 Å². The summed E-state index contributed by atoms with van der Waals surface area (Å²) in [7, 11) is 0. The molecule has 8 aromatic rings. The van der Waals surface area contributed by atoms with Crippen molar-refractivity contribution in [3.63, 3.8) is 0 Å². The quantitative estimate of drug-likeness (QED) is 0.189. The molecule has 0 fully saturated rings. The minimum absolute atomic E-state index is 1.02. The van der Waals surface area contributed by atoms with Crippen molar-refractivity contribution in [2.75, 3.05) is 4.90 Å². The van der Waals surface area contributed by atoms with Crippen LogP contribution in [0.25, 0.3) is 66.4 Å². The highest BCUT2D eigenvalue weighted by Gasteiger charge is 2.22. The van der Waals surface area contributed by atoms with Gasteiger partial charge in [0.1, 0.15) is 0 Å². The van der Waals surface area contributed by atoms with Gasteiger partial charge in [-0.25, -0.2) is 0 Å². The minimum Gasteiger partial charge on any atom is -0.309 e. The zero-order valence-corrected chi connectivity index (χ0v) is 25.7. The molecule has 0 N–H and O–H groups in total. The lowest BCUT2D eigenvalue weighted by atomic mass is 9.94. The lowest BCUT2D eigenvalue weighted by Crippen LogP contribution is -2.10. The van der Waals surface area contributed by atoms with Crippen LogP contribution in [0, 0.1) is 0 Å². The summed E-state index contributed by atoms with van der Waals surface area (Å²) in [4.78, 5) is 6.73. The van der Waals surface area contributed by atoms with Crippen LogP contribution in [-0.2, 0) is 0 Å². The highest BCUT2D eigenvalue weighted by molar-refractivity contribution is 6.18. The fourth-order valence-electron chi connectivity index (χ4n) is 7.10. The Morgan fingerprint density at radius 3 is 1.57 bits per heavy atom. The van der Waals surface area contributed by atoms with Crippen LogP contribution in [0.1, 0.15) is 0 Å². The highest BCUT2D eigenvalue weighted by Crippen LogP contribution is 2.49. The van der Waals surface area contributed by atoms with Gasteiger partial charge < -0.3 is 4.90 Å². The molecule has 1 aliphatic rings. The first kappa shape index (κ1) is 27.1. The van der Waals surface area contributed by atoms with Crippen LogP contribution in [0.4, 0.5) is 17.1 Å². The minimum atomic E-state index is 1.02. The topological polar surface area (TPSA) is 16.1 Å². The maximum atomic E-state index is 4.46. The van der Waals surface area contributed by atoms with Gasteiger partial charge in [0.05, 0.1) is 11.9 Å². The van der Waals surface area contributed by atoms with Crippen molar-refractivity contribution in [2.45, 2.75) is 0 Å². The van der Waals surface area contributed by atoms with Crippen LogP contribution in [0.3, 0.4) is 0 Å². The van der Waals surface area contributed by atoms with Crippen molar-refractivity contribution in [1.82, 2.24) is 4.98 Å². The second kappa shape index (κ2) is 11.3. The Labute approximate surface area is 274 Å². The van der Waals surface area contributed by atoms with Gasteiger partial charge in [-0.15, -0.1) is 0 Å². The first-order chi connectivity index (χ1) is 23.3. The van der Waals surface area contributed by atoms with Crippen molar-refractivity contribution < 1.29 is 0 Å². The number of hydrogen-bond donors (Lipinski definition) is 0. The maximum absolute atomic E-state index is 4.46. The number of hydrogen-bond acceptors (Lipinski definition) is 2. The first-order valence-electron chi connectivity index (χ1n) is 16.0. The fraction of sp³-hybridized carbons (Fsp3) is 0. The Morgan fingerprint density at radius 2 is 0.894 bits per heavy atom. The molecule has 2 heteroatoms. The van der Waals surface area contributed by atoms with E-state index in [1.165, 1.54) is 66.4 Å². The molecular weight excluding hydrogens is 569 g/mol. The third-order valence-electron chi connectivity index (χ3n) is 9.32. The Hall–Kier alpha value is -6.25. The van der Waals surface area contributed by atoms with Crippen molar-refractivity contribution in [3.8, 4) is 55.6 Å². The highest BCUT2D eigenvalue weighted by atomic mass is 15.1. The van der Waals surface area contributed by atoms with E-state index in [-0.39, 0.29) is 0 Å². The van der Waals surface area contributed by atoms with Crippen LogP contribution in [0.15, 0.2) is 182 Å². The van der Waals surface area contributed by atoms with E-state index in [4.69, 9.17) is 0 Å². The molecule has 2 nitrogen and oxygen atoms in total. The molecule has 0 radical (unpaired) electrons. The van der Waals surface area contributed by atoms with Crippen LogP contribution in [0.2, 0.25) is 0 Å². The molecule has 1 aliphatic carbocycles. The van der Waals surface area contributed by atoms with Crippen molar-refractivity contribution in [3.05, 3.63) is 182 Å². The predicted molar refractivity (Wildman–Crippen MR) is 197 cm³/mol. The smallest absolute Gasteiger partial charge is 0.0644 e. The van der Waals surface area contributed by atoms with Crippen molar-refractivity contribution >= 4 is 27.8 Å². The molecule has 0 saturated heterocycles. The molecule has 0 saturated carbocycles. The summed E-state index contributed by atoms with van der Waals surface area (Å²) in [5.74, 6) is 0. The molecule has 1 aromatic heterocycles. The van der Waals surface area contributed by atoms with E-state index >= 15 is 0 Å². The van der Waals surface area contributed by atoms with E-state index in [0.29, 0.717) is 0 Å². The number of aromatic nitrogens is 1. The Kier molecular flexibility index (Phi) is 6.50. The number of anilines is 3. The van der Waals surface area contributed by atoms with Gasteiger partial charge in [-0.05, 0) is 109 Å². The molecule has 7 aromatic carbocycles. The fourth-order valence-corrected chi connectivity index (χ4v) is 7.10. The third-order valence-corrected chi connectivity index (χ3v) is 9.32. The second-order valence-corrected chi connectivity index (χ2v) is 12.0. The summed E-state index contributed by atoms with van der Waals surface area (Å²) >= 11 is 0. The largest absolute Gasteiger partial charge is 0.309 e. The van der Waals surface area contributed by atoms with E-state index < -0.39 is 0 Å². The second-order valence-electron chi connectivity index (χ2n) is 12.0. The number of benzene rings is 7. The zero-order valence-electron chi connectivity index (χ0n) is 25.7. The summed E-state index contributed by atoms with van der Waals surface area (Å²) < 4.78 is 0. The average Bonchev–Trinajstić information content (AvgIpc) is 3.48. The molecule has 47 heavy (non-hydrogen) atoms. The molecule has 0 amide bonds. The van der Waals surface area contributed by atoms with Gasteiger partial charge in [0.15, 0.2) is 0 Å². The van der Waals surface area contributed by atoms with Gasteiger partial charge in [0.2, 0.25) is 0 Å². The Morgan fingerprint density at radius 1 is 0.340 bits per heavy atom. The maximum Gasteiger partial charge on any atom is 0.0644 e.